The van der Waals surface area contributed by atoms with E-state index in [2.05, 4.69) is 14.8 Å². The van der Waals surface area contributed by atoms with Gasteiger partial charge in [-0.15, -0.1) is 0 Å². The molecular weight excluding hydrogens is 451 g/mol. The molecule has 1 fully saturated rings. The number of hydrogen-bond donors (Lipinski definition) is 2. The number of alkyl halides is 6. The highest BCUT2D eigenvalue weighted by Gasteiger charge is 2.43. The van der Waals surface area contributed by atoms with Crippen LogP contribution in [0.15, 0.2) is 0 Å². The lowest BCUT2D eigenvalue weighted by Gasteiger charge is -2.18. The minimum absolute atomic E-state index is 0.218. The molecule has 2 aromatic rings. The van der Waals surface area contributed by atoms with Crippen molar-refractivity contribution in [3.63, 3.8) is 0 Å². The van der Waals surface area contributed by atoms with Gasteiger partial charge in [0.1, 0.15) is 0 Å². The predicted molar refractivity (Wildman–Crippen MR) is 87.9 cm³/mol. The topological polar surface area (TPSA) is 100 Å². The van der Waals surface area contributed by atoms with Crippen LogP contribution in [0.5, 0.6) is 0 Å². The van der Waals surface area contributed by atoms with E-state index in [1.165, 1.54) is 0 Å². The quantitative estimate of drug-likeness (QED) is 0.386. The molecule has 1 amide bonds. The van der Waals surface area contributed by atoms with E-state index >= 15 is 0 Å². The lowest BCUT2D eigenvalue weighted by molar-refractivity contribution is -0.338. The number of imidazole rings is 1. The Kier molecular flexibility index (Phi) is 5.53. The van der Waals surface area contributed by atoms with Crippen molar-refractivity contribution in [2.24, 2.45) is 5.92 Å². The van der Waals surface area contributed by atoms with Crippen molar-refractivity contribution in [1.29, 1.82) is 0 Å². The number of ether oxygens (including phenoxy) is 1. The summed E-state index contributed by atoms with van der Waals surface area (Å²) in [4.78, 5) is 16.2. The average molecular weight is 465 g/mol. The molecule has 1 aliphatic rings. The Balaban J connectivity index is 1.95. The molecule has 3 heterocycles. The number of fused-ring (bicyclic) bond motifs is 1. The normalized spacial score (nSPS) is 19.0. The smallest absolute Gasteiger partial charge is 0.338 e. The van der Waals surface area contributed by atoms with E-state index < -0.39 is 58.7 Å². The summed E-state index contributed by atoms with van der Waals surface area (Å²) in [5.41, 5.74) is -1.87. The fourth-order valence-electron chi connectivity index (χ4n) is 3.03. The Morgan fingerprint density at radius 2 is 1.97 bits per heavy atom. The molecule has 2 aromatic heterocycles. The second-order valence-electron chi connectivity index (χ2n) is 6.48. The minimum atomic E-state index is -4.88. The van der Waals surface area contributed by atoms with Gasteiger partial charge in [-0.25, -0.2) is 9.50 Å². The van der Waals surface area contributed by atoms with Crippen LogP contribution in [0.1, 0.15) is 29.2 Å². The molecule has 1 aliphatic heterocycles. The van der Waals surface area contributed by atoms with Crippen LogP contribution in [0.4, 0.5) is 22.0 Å². The van der Waals surface area contributed by atoms with E-state index in [1.54, 1.807) is 0 Å². The van der Waals surface area contributed by atoms with Crippen molar-refractivity contribution in [2.75, 3.05) is 13.7 Å². The average Bonchev–Trinajstić information content (AvgIpc) is 3.20. The molecule has 15 heteroatoms. The number of carbonyl (C=O) groups excluding carboxylic acids is 1. The first-order chi connectivity index (χ1) is 13.2. The summed E-state index contributed by atoms with van der Waals surface area (Å²) >= 11 is 5.32. The van der Waals surface area contributed by atoms with E-state index in [0.29, 0.717) is 11.3 Å². The zero-order chi connectivity index (χ0) is 21.8. The SMILES string of the molecule is COC(O)(O)c1nn2c(CN3CC(CC(F)(F)Cl)CC3=O)c(C(F)(F)F)nc2s1. The van der Waals surface area contributed by atoms with Gasteiger partial charge in [-0.3, -0.25) is 4.79 Å². The van der Waals surface area contributed by atoms with Gasteiger partial charge in [0.05, 0.1) is 12.2 Å². The molecule has 1 saturated heterocycles. The molecule has 1 atom stereocenters. The Hall–Kier alpha value is -1.61. The highest BCUT2D eigenvalue weighted by Crippen LogP contribution is 2.37. The van der Waals surface area contributed by atoms with Crippen LogP contribution in [-0.2, 0) is 28.2 Å². The van der Waals surface area contributed by atoms with Crippen molar-refractivity contribution < 1.29 is 41.7 Å². The highest BCUT2D eigenvalue weighted by atomic mass is 35.5. The first-order valence-corrected chi connectivity index (χ1v) is 9.21. The molecular formula is C14H14ClF5N4O4S. The van der Waals surface area contributed by atoms with Gasteiger partial charge in [0.25, 0.3) is 0 Å². The summed E-state index contributed by atoms with van der Waals surface area (Å²) in [6.07, 6.45) is -5.96. The maximum atomic E-state index is 13.4. The molecule has 1 unspecified atom stereocenters. The first kappa shape index (κ1) is 22.1. The van der Waals surface area contributed by atoms with Gasteiger partial charge in [-0.2, -0.15) is 27.1 Å². The maximum absolute atomic E-state index is 13.4. The van der Waals surface area contributed by atoms with Crippen molar-refractivity contribution in [3.8, 4) is 0 Å². The van der Waals surface area contributed by atoms with Crippen LogP contribution < -0.4 is 0 Å². The van der Waals surface area contributed by atoms with Crippen molar-refractivity contribution in [1.82, 2.24) is 19.5 Å². The Morgan fingerprint density at radius 3 is 2.52 bits per heavy atom. The molecule has 2 N–H and O–H groups in total. The van der Waals surface area contributed by atoms with Crippen molar-refractivity contribution >= 4 is 33.8 Å². The fourth-order valence-corrected chi connectivity index (χ4v) is 4.13. The second kappa shape index (κ2) is 7.27. The van der Waals surface area contributed by atoms with Crippen LogP contribution >= 0.6 is 22.9 Å². The fraction of sp³-hybridized carbons (Fsp3) is 0.643. The monoisotopic (exact) mass is 464 g/mol. The predicted octanol–water partition coefficient (Wildman–Crippen LogP) is 2.12. The van der Waals surface area contributed by atoms with E-state index in [4.69, 9.17) is 11.6 Å². The van der Waals surface area contributed by atoms with Crippen LogP contribution in [0.3, 0.4) is 0 Å². The van der Waals surface area contributed by atoms with Crippen molar-refractivity contribution in [3.05, 3.63) is 16.4 Å². The van der Waals surface area contributed by atoms with E-state index in [0.717, 1.165) is 16.5 Å². The molecule has 0 saturated carbocycles. The largest absolute Gasteiger partial charge is 0.435 e. The zero-order valence-electron chi connectivity index (χ0n) is 14.6. The third-order valence-electron chi connectivity index (χ3n) is 4.28. The third-order valence-corrected chi connectivity index (χ3v) is 5.43. The van der Waals surface area contributed by atoms with E-state index in [9.17, 15) is 37.0 Å². The second-order valence-corrected chi connectivity index (χ2v) is 7.99. The Morgan fingerprint density at radius 1 is 1.31 bits per heavy atom. The summed E-state index contributed by atoms with van der Waals surface area (Å²) in [6, 6.07) is 0. The number of halogens is 6. The standard InChI is InChI=1S/C14H14ClF5N4O4S/c1-28-14(26,27)10-22-24-7(9(13(18,19)20)21-11(24)29-10)5-23-4-6(2-8(23)25)3-12(15,16)17/h6,26-27H,2-5H2,1H3. The summed E-state index contributed by atoms with van der Waals surface area (Å²) in [7, 11) is 0.946. The number of aliphatic hydroxyl groups is 2. The summed E-state index contributed by atoms with van der Waals surface area (Å²) in [5.74, 6) is -4.29. The van der Waals surface area contributed by atoms with Gasteiger partial charge >= 0.3 is 17.5 Å². The van der Waals surface area contributed by atoms with Crippen LogP contribution in [0, 0.1) is 5.92 Å². The number of hydrogen-bond acceptors (Lipinski definition) is 7. The van der Waals surface area contributed by atoms with Crippen molar-refractivity contribution in [2.45, 2.75) is 36.9 Å². The molecule has 0 spiro atoms. The van der Waals surface area contributed by atoms with Crippen LogP contribution in [0.2, 0.25) is 0 Å². The number of amides is 1. The number of carbonyl (C=O) groups is 1. The molecule has 0 radical (unpaired) electrons. The number of nitrogens with zero attached hydrogens (tertiary/aromatic N) is 4. The molecule has 162 valence electrons. The molecule has 29 heavy (non-hydrogen) atoms. The molecule has 0 aromatic carbocycles. The summed E-state index contributed by atoms with van der Waals surface area (Å²) < 4.78 is 71.3. The molecule has 3 rings (SSSR count). The van der Waals surface area contributed by atoms with Gasteiger partial charge < -0.3 is 19.8 Å². The van der Waals surface area contributed by atoms with Gasteiger partial charge in [0.2, 0.25) is 15.9 Å². The lowest BCUT2D eigenvalue weighted by Crippen LogP contribution is -2.29. The molecule has 0 bridgehead atoms. The maximum Gasteiger partial charge on any atom is 0.435 e. The van der Waals surface area contributed by atoms with E-state index in [1.807, 2.05) is 0 Å². The highest BCUT2D eigenvalue weighted by molar-refractivity contribution is 7.16. The number of likely N-dealkylation sites (tertiary alicyclic amines) is 1. The van der Waals surface area contributed by atoms with Crippen LogP contribution in [-0.4, -0.2) is 54.7 Å². The van der Waals surface area contributed by atoms with Gasteiger partial charge in [0.15, 0.2) is 5.69 Å². The minimum Gasteiger partial charge on any atom is -0.338 e. The molecule has 0 aliphatic carbocycles. The number of rotatable bonds is 6. The van der Waals surface area contributed by atoms with E-state index in [-0.39, 0.29) is 17.9 Å². The Labute approximate surface area is 168 Å². The summed E-state index contributed by atoms with van der Waals surface area (Å²) in [5, 5.41) is 19.0. The van der Waals surface area contributed by atoms with Gasteiger partial charge in [-0.1, -0.05) is 11.3 Å². The number of methoxy groups -OCH3 is 1. The number of aromatic nitrogens is 3. The Bertz CT molecular complexity index is 926. The van der Waals surface area contributed by atoms with Crippen LogP contribution in [0.25, 0.3) is 4.96 Å². The lowest BCUT2D eigenvalue weighted by atomic mass is 10.1. The first-order valence-electron chi connectivity index (χ1n) is 8.02. The molecule has 8 nitrogen and oxygen atoms in total. The third kappa shape index (κ3) is 4.60. The van der Waals surface area contributed by atoms with Gasteiger partial charge in [0, 0.05) is 26.5 Å². The zero-order valence-corrected chi connectivity index (χ0v) is 16.2. The summed E-state index contributed by atoms with van der Waals surface area (Å²) in [6.45, 7) is -0.829. The van der Waals surface area contributed by atoms with Gasteiger partial charge in [-0.05, 0) is 17.5 Å².